The summed E-state index contributed by atoms with van der Waals surface area (Å²) in [6.45, 7) is 0.113. The van der Waals surface area contributed by atoms with Crippen LogP contribution in [0.5, 0.6) is 17.2 Å². The number of rotatable bonds is 5. The number of nitrogens with zero attached hydrogens (tertiary/aromatic N) is 1. The molecule has 0 aliphatic carbocycles. The lowest BCUT2D eigenvalue weighted by atomic mass is 10.2. The molecule has 0 fully saturated rings. The number of para-hydroxylation sites is 1. The number of benzene rings is 3. The van der Waals surface area contributed by atoms with E-state index in [2.05, 4.69) is 0 Å². The normalized spacial score (nSPS) is 12.4. The van der Waals surface area contributed by atoms with E-state index in [0.29, 0.717) is 17.2 Å². The molecule has 0 unspecified atom stereocenters. The Hall–Kier alpha value is -3.52. The largest absolute Gasteiger partial charge is 0.454 e. The molecule has 0 bridgehead atoms. The number of ether oxygens (including phenoxy) is 3. The number of sulfonamides is 1. The Bertz CT molecular complexity index is 1160. The first-order chi connectivity index (χ1) is 13.9. The predicted octanol–water partition coefficient (Wildman–Crippen LogP) is 3.46. The molecule has 0 aromatic heterocycles. The van der Waals surface area contributed by atoms with E-state index in [1.165, 1.54) is 31.3 Å². The van der Waals surface area contributed by atoms with Crippen LogP contribution in [-0.2, 0) is 10.0 Å². The number of hydrogen-bond acceptors (Lipinski definition) is 6. The predicted molar refractivity (Wildman–Crippen MR) is 106 cm³/mol. The monoisotopic (exact) mass is 411 g/mol. The zero-order valence-electron chi connectivity index (χ0n) is 15.4. The zero-order valence-corrected chi connectivity index (χ0v) is 16.3. The van der Waals surface area contributed by atoms with Gasteiger partial charge in [0.2, 0.25) is 6.79 Å². The lowest BCUT2D eigenvalue weighted by molar-refractivity contribution is 0.0734. The van der Waals surface area contributed by atoms with Crippen LogP contribution in [0.2, 0.25) is 0 Å². The van der Waals surface area contributed by atoms with E-state index in [4.69, 9.17) is 14.2 Å². The smallest absolute Gasteiger partial charge is 0.343 e. The van der Waals surface area contributed by atoms with Gasteiger partial charge in [0.05, 0.1) is 16.1 Å². The van der Waals surface area contributed by atoms with Gasteiger partial charge in [0.15, 0.2) is 11.5 Å². The number of carbonyl (C=O) groups is 1. The Kier molecular flexibility index (Phi) is 4.85. The number of esters is 1. The van der Waals surface area contributed by atoms with Crippen molar-refractivity contribution in [1.82, 2.24) is 0 Å². The zero-order chi connectivity index (χ0) is 20.4. The summed E-state index contributed by atoms with van der Waals surface area (Å²) in [7, 11) is -2.38. The van der Waals surface area contributed by atoms with Crippen LogP contribution < -0.4 is 18.5 Å². The molecule has 8 heteroatoms. The lowest BCUT2D eigenvalue weighted by Crippen LogP contribution is -2.26. The molecule has 0 spiro atoms. The second-order valence-electron chi connectivity index (χ2n) is 6.24. The van der Waals surface area contributed by atoms with Gasteiger partial charge >= 0.3 is 5.97 Å². The maximum Gasteiger partial charge on any atom is 0.343 e. The van der Waals surface area contributed by atoms with E-state index in [1.54, 1.807) is 48.5 Å². The summed E-state index contributed by atoms with van der Waals surface area (Å²) >= 11 is 0. The highest BCUT2D eigenvalue weighted by Crippen LogP contribution is 2.35. The number of anilines is 1. The van der Waals surface area contributed by atoms with Crippen LogP contribution in [0.4, 0.5) is 5.69 Å². The van der Waals surface area contributed by atoms with Crippen molar-refractivity contribution in [3.8, 4) is 17.2 Å². The summed E-state index contributed by atoms with van der Waals surface area (Å²) < 4.78 is 42.9. The molecule has 1 heterocycles. The van der Waals surface area contributed by atoms with Gasteiger partial charge in [0.1, 0.15) is 5.75 Å². The number of fused-ring (bicyclic) bond motifs is 1. The van der Waals surface area contributed by atoms with Crippen molar-refractivity contribution in [2.75, 3.05) is 18.1 Å². The highest BCUT2D eigenvalue weighted by Gasteiger charge is 2.23. The van der Waals surface area contributed by atoms with E-state index in [-0.39, 0.29) is 23.0 Å². The van der Waals surface area contributed by atoms with Gasteiger partial charge in [0, 0.05) is 13.1 Å². The Balaban J connectivity index is 1.57. The minimum atomic E-state index is -3.84. The van der Waals surface area contributed by atoms with Crippen molar-refractivity contribution in [1.29, 1.82) is 0 Å². The molecule has 1 aliphatic heterocycles. The molecule has 3 aromatic rings. The van der Waals surface area contributed by atoms with Crippen LogP contribution in [0.25, 0.3) is 0 Å². The molecule has 29 heavy (non-hydrogen) atoms. The van der Waals surface area contributed by atoms with E-state index in [9.17, 15) is 13.2 Å². The van der Waals surface area contributed by atoms with Crippen molar-refractivity contribution < 1.29 is 27.4 Å². The fourth-order valence-corrected chi connectivity index (χ4v) is 4.07. The molecule has 0 saturated carbocycles. The fraction of sp³-hybridized carbons (Fsp3) is 0.0952. The van der Waals surface area contributed by atoms with Crippen molar-refractivity contribution >= 4 is 21.7 Å². The second-order valence-corrected chi connectivity index (χ2v) is 8.21. The summed E-state index contributed by atoms with van der Waals surface area (Å²) in [4.78, 5) is 12.5. The van der Waals surface area contributed by atoms with E-state index >= 15 is 0 Å². The molecule has 3 aromatic carbocycles. The third kappa shape index (κ3) is 3.74. The third-order valence-corrected chi connectivity index (χ3v) is 6.18. The van der Waals surface area contributed by atoms with Gasteiger partial charge in [-0.05, 0) is 42.5 Å². The Morgan fingerprint density at radius 3 is 2.48 bits per heavy atom. The van der Waals surface area contributed by atoms with Crippen molar-refractivity contribution in [3.05, 3.63) is 78.4 Å². The Morgan fingerprint density at radius 1 is 0.931 bits per heavy atom. The molecule has 1 aliphatic rings. The number of carbonyl (C=O) groups excluding carboxylic acids is 1. The summed E-state index contributed by atoms with van der Waals surface area (Å²) in [5.41, 5.74) is 0.631. The quantitative estimate of drug-likeness (QED) is 0.472. The lowest BCUT2D eigenvalue weighted by Gasteiger charge is -2.19. The van der Waals surface area contributed by atoms with Crippen LogP contribution in [0.1, 0.15) is 10.4 Å². The van der Waals surface area contributed by atoms with Gasteiger partial charge in [-0.3, -0.25) is 4.31 Å². The van der Waals surface area contributed by atoms with Crippen LogP contribution in [-0.4, -0.2) is 28.2 Å². The molecule has 4 rings (SSSR count). The first kappa shape index (κ1) is 18.8. The molecule has 148 valence electrons. The average Bonchev–Trinajstić information content (AvgIpc) is 3.22. The summed E-state index contributed by atoms with van der Waals surface area (Å²) in [6.07, 6.45) is 0. The van der Waals surface area contributed by atoms with Crippen molar-refractivity contribution in [3.63, 3.8) is 0 Å². The highest BCUT2D eigenvalue weighted by molar-refractivity contribution is 7.92. The van der Waals surface area contributed by atoms with Crippen molar-refractivity contribution in [2.45, 2.75) is 4.90 Å². The molecule has 0 radical (unpaired) electrons. The standard InChI is InChI=1S/C21H17NO6S/c1-22(16-7-3-2-4-8-16)29(24,25)18-9-5-6-15(12-18)21(23)28-17-10-11-19-20(13-17)27-14-26-19/h2-13H,14H2,1H3. The summed E-state index contributed by atoms with van der Waals surface area (Å²) in [6, 6.07) is 19.2. The molecular formula is C21H17NO6S. The second kappa shape index (κ2) is 7.48. The van der Waals surface area contributed by atoms with Crippen molar-refractivity contribution in [2.24, 2.45) is 0 Å². The van der Waals surface area contributed by atoms with Gasteiger partial charge < -0.3 is 14.2 Å². The topological polar surface area (TPSA) is 82.1 Å². The highest BCUT2D eigenvalue weighted by atomic mass is 32.2. The van der Waals surface area contributed by atoms with E-state index < -0.39 is 16.0 Å². The number of hydrogen-bond donors (Lipinski definition) is 0. The van der Waals surface area contributed by atoms with Gasteiger partial charge in [-0.2, -0.15) is 0 Å². The molecule has 0 amide bonds. The summed E-state index contributed by atoms with van der Waals surface area (Å²) in [5.74, 6) is 0.648. The maximum atomic E-state index is 12.9. The molecule has 7 nitrogen and oxygen atoms in total. The third-order valence-electron chi connectivity index (χ3n) is 4.40. The van der Waals surface area contributed by atoms with Gasteiger partial charge in [-0.15, -0.1) is 0 Å². The van der Waals surface area contributed by atoms with Gasteiger partial charge in [-0.1, -0.05) is 24.3 Å². The van der Waals surface area contributed by atoms with E-state index in [1.807, 2.05) is 0 Å². The maximum absolute atomic E-state index is 12.9. The van der Waals surface area contributed by atoms with Crippen LogP contribution in [0.15, 0.2) is 77.7 Å². The van der Waals surface area contributed by atoms with Crippen LogP contribution in [0.3, 0.4) is 0 Å². The molecular weight excluding hydrogens is 394 g/mol. The molecule has 0 saturated heterocycles. The first-order valence-corrected chi connectivity index (χ1v) is 10.1. The Labute approximate surface area is 168 Å². The SMILES string of the molecule is CN(c1ccccc1)S(=O)(=O)c1cccc(C(=O)Oc2ccc3c(c2)OCO3)c1. The molecule has 0 atom stereocenters. The first-order valence-electron chi connectivity index (χ1n) is 8.71. The Morgan fingerprint density at radius 2 is 1.69 bits per heavy atom. The molecule has 0 N–H and O–H groups in total. The van der Waals surface area contributed by atoms with E-state index in [0.717, 1.165) is 4.31 Å². The van der Waals surface area contributed by atoms with Gasteiger partial charge in [0.25, 0.3) is 10.0 Å². The minimum absolute atomic E-state index is 0.0102. The summed E-state index contributed by atoms with van der Waals surface area (Å²) in [5, 5.41) is 0. The van der Waals surface area contributed by atoms with Crippen LogP contribution >= 0.6 is 0 Å². The van der Waals surface area contributed by atoms with Crippen LogP contribution in [0, 0.1) is 0 Å². The average molecular weight is 411 g/mol. The minimum Gasteiger partial charge on any atom is -0.454 e. The van der Waals surface area contributed by atoms with Gasteiger partial charge in [-0.25, -0.2) is 13.2 Å². The fourth-order valence-electron chi connectivity index (χ4n) is 2.82.